The molecule has 2 aliphatic heterocycles. The summed E-state index contributed by atoms with van der Waals surface area (Å²) in [6, 6.07) is 6.15. The number of likely N-dealkylation sites (N-methyl/N-ethyl adjacent to an activating group) is 1. The summed E-state index contributed by atoms with van der Waals surface area (Å²) in [7, 11) is 2.13. The molecular weight excluding hydrogens is 469 g/mol. The van der Waals surface area contributed by atoms with Gasteiger partial charge in [0.1, 0.15) is 17.0 Å². The number of piperazine rings is 1. The van der Waals surface area contributed by atoms with Crippen LogP contribution in [0.2, 0.25) is 0 Å². The Labute approximate surface area is 199 Å². The van der Waals surface area contributed by atoms with Gasteiger partial charge < -0.3 is 25.6 Å². The number of nitrogens with zero attached hydrogens (tertiary/aromatic N) is 4. The number of nitrogens with one attached hydrogen (secondary N) is 1. The fourth-order valence-corrected chi connectivity index (χ4v) is 4.74. The molecule has 0 atom stereocenters. The van der Waals surface area contributed by atoms with Crippen LogP contribution in [0.3, 0.4) is 0 Å². The van der Waals surface area contributed by atoms with Crippen LogP contribution in [0, 0.1) is 0 Å². The van der Waals surface area contributed by atoms with Gasteiger partial charge in [-0.15, -0.1) is 0 Å². The van der Waals surface area contributed by atoms with E-state index in [-0.39, 0.29) is 16.4 Å². The van der Waals surface area contributed by atoms with Gasteiger partial charge in [-0.05, 0) is 37.7 Å². The van der Waals surface area contributed by atoms with E-state index in [2.05, 4.69) is 32.1 Å². The first-order valence-corrected chi connectivity index (χ1v) is 11.6. The number of alkyl halides is 3. The van der Waals surface area contributed by atoms with Gasteiger partial charge in [0.2, 0.25) is 0 Å². The molecule has 3 N–H and O–H groups in total. The highest BCUT2D eigenvalue weighted by Crippen LogP contribution is 2.45. The normalized spacial score (nSPS) is 18.4. The van der Waals surface area contributed by atoms with E-state index < -0.39 is 17.8 Å². The molecule has 0 saturated carbocycles. The van der Waals surface area contributed by atoms with Crippen LogP contribution in [-0.2, 0) is 11.0 Å². The molecule has 0 radical (unpaired) electrons. The molecule has 1 amide bonds. The molecule has 1 aromatic carbocycles. The quantitative estimate of drug-likeness (QED) is 0.448. The lowest BCUT2D eigenvalue weighted by Gasteiger charge is -2.32. The third-order valence-corrected chi connectivity index (χ3v) is 6.61. The Morgan fingerprint density at radius 1 is 1.24 bits per heavy atom. The Balaban J connectivity index is 1.42. The van der Waals surface area contributed by atoms with Crippen molar-refractivity contribution in [1.29, 1.82) is 0 Å². The van der Waals surface area contributed by atoms with E-state index in [9.17, 15) is 18.0 Å². The number of carbonyl (C=O) groups excluding carboxylic acids is 1. The fourth-order valence-electron chi connectivity index (χ4n) is 3.66. The molecule has 8 nitrogen and oxygen atoms in total. The average Bonchev–Trinajstić information content (AvgIpc) is 3.20. The van der Waals surface area contributed by atoms with Crippen LogP contribution in [0.5, 0.6) is 5.75 Å². The number of fused-ring (bicyclic) bond motifs is 1. The third kappa shape index (κ3) is 5.80. The van der Waals surface area contributed by atoms with Crippen molar-refractivity contribution in [1.82, 2.24) is 19.8 Å². The van der Waals surface area contributed by atoms with Crippen LogP contribution >= 0.6 is 11.8 Å². The first kappa shape index (κ1) is 24.3. The van der Waals surface area contributed by atoms with Crippen LogP contribution in [-0.4, -0.2) is 72.1 Å². The average molecular weight is 495 g/mol. The minimum atomic E-state index is -4.67. The van der Waals surface area contributed by atoms with Crippen LogP contribution in [0.4, 0.5) is 18.9 Å². The van der Waals surface area contributed by atoms with Crippen molar-refractivity contribution in [2.45, 2.75) is 17.5 Å². The number of nitrogens with two attached hydrogens (primary N) is 1. The Morgan fingerprint density at radius 2 is 2.00 bits per heavy atom. The van der Waals surface area contributed by atoms with Crippen LogP contribution < -0.4 is 15.8 Å². The number of hydrogen-bond acceptors (Lipinski definition) is 8. The molecular formula is C22H25F3N6O2S. The molecule has 2 aromatic rings. The molecule has 0 aliphatic carbocycles. The first-order chi connectivity index (χ1) is 16.2. The molecule has 1 fully saturated rings. The summed E-state index contributed by atoms with van der Waals surface area (Å²) in [5.41, 5.74) is 4.82. The highest BCUT2D eigenvalue weighted by molar-refractivity contribution is 8.04. The third-order valence-electron chi connectivity index (χ3n) is 5.54. The second-order valence-corrected chi connectivity index (χ2v) is 9.12. The van der Waals surface area contributed by atoms with Crippen molar-refractivity contribution < 1.29 is 22.7 Å². The van der Waals surface area contributed by atoms with Gasteiger partial charge in [0.25, 0.3) is 5.91 Å². The number of hydrogen-bond donors (Lipinski definition) is 2. The summed E-state index contributed by atoms with van der Waals surface area (Å²) < 4.78 is 45.1. The molecule has 0 unspecified atom stereocenters. The molecule has 2 aliphatic rings. The van der Waals surface area contributed by atoms with E-state index in [0.717, 1.165) is 56.3 Å². The first-order valence-electron chi connectivity index (χ1n) is 10.8. The lowest BCUT2D eigenvalue weighted by atomic mass is 10.2. The highest BCUT2D eigenvalue weighted by atomic mass is 32.2. The van der Waals surface area contributed by atoms with Gasteiger partial charge >= 0.3 is 6.18 Å². The summed E-state index contributed by atoms with van der Waals surface area (Å²) in [6.45, 7) is 5.81. The summed E-state index contributed by atoms with van der Waals surface area (Å²) in [5.74, 6) is -0.642. The lowest BCUT2D eigenvalue weighted by molar-refractivity contribution is -0.141. The smallest absolute Gasteiger partial charge is 0.433 e. The van der Waals surface area contributed by atoms with Crippen molar-refractivity contribution in [3.63, 3.8) is 0 Å². The minimum Gasteiger partial charge on any atom is -0.494 e. The Morgan fingerprint density at radius 3 is 2.71 bits per heavy atom. The number of primary amides is 1. The van der Waals surface area contributed by atoms with E-state index in [4.69, 9.17) is 10.5 Å². The summed E-state index contributed by atoms with van der Waals surface area (Å²) in [5, 5.41) is 3.30. The van der Waals surface area contributed by atoms with Crippen LogP contribution in [0.25, 0.3) is 5.57 Å². The van der Waals surface area contributed by atoms with Crippen molar-refractivity contribution in [3.05, 3.63) is 47.0 Å². The number of ether oxygens (including phenoxy) is 1. The van der Waals surface area contributed by atoms with Gasteiger partial charge in [0, 0.05) is 43.8 Å². The van der Waals surface area contributed by atoms with Gasteiger partial charge in [-0.1, -0.05) is 11.8 Å². The van der Waals surface area contributed by atoms with E-state index in [0.29, 0.717) is 18.0 Å². The summed E-state index contributed by atoms with van der Waals surface area (Å²) in [6.07, 6.45) is -2.81. The molecule has 1 aromatic heterocycles. The number of rotatable bonds is 7. The Bertz CT molecular complexity index is 1090. The standard InChI is InChI=1S/C22H25F3N6O2S/c1-30-8-10-31(11-9-30)7-2-12-33-14-3-4-15-16(13-14)34-21(28-15)18(19(26)32)20-27-6-5-17(29-20)22(23,24)25/h3-6,13,28H,2,7-12H2,1H3,(H2,26,32)/b21-18-. The van der Waals surface area contributed by atoms with Crippen molar-refractivity contribution >= 4 is 28.9 Å². The van der Waals surface area contributed by atoms with Crippen molar-refractivity contribution in [2.24, 2.45) is 5.73 Å². The number of thioether (sulfide) groups is 1. The topological polar surface area (TPSA) is 96.6 Å². The van der Waals surface area contributed by atoms with E-state index >= 15 is 0 Å². The lowest BCUT2D eigenvalue weighted by Crippen LogP contribution is -2.44. The number of aromatic nitrogens is 2. The molecule has 0 spiro atoms. The fraction of sp³-hybridized carbons (Fsp3) is 0.409. The maximum atomic E-state index is 13.1. The van der Waals surface area contributed by atoms with Gasteiger partial charge in [-0.3, -0.25) is 4.79 Å². The van der Waals surface area contributed by atoms with E-state index in [1.807, 2.05) is 6.07 Å². The SMILES string of the molecule is CN1CCN(CCCOc2ccc3c(c2)S/C(=C(/C(N)=O)c2nccc(C(F)(F)F)n2)N3)CC1. The highest BCUT2D eigenvalue weighted by Gasteiger charge is 2.34. The van der Waals surface area contributed by atoms with E-state index in [1.54, 1.807) is 12.1 Å². The van der Waals surface area contributed by atoms with Crippen LogP contribution in [0.15, 0.2) is 40.4 Å². The number of anilines is 1. The molecule has 34 heavy (non-hydrogen) atoms. The molecule has 182 valence electrons. The zero-order valence-electron chi connectivity index (χ0n) is 18.6. The number of carbonyl (C=O) groups is 1. The Kier molecular flexibility index (Phi) is 7.29. The summed E-state index contributed by atoms with van der Waals surface area (Å²) >= 11 is 1.17. The number of benzene rings is 1. The van der Waals surface area contributed by atoms with Gasteiger partial charge in [-0.25, -0.2) is 9.97 Å². The largest absolute Gasteiger partial charge is 0.494 e. The van der Waals surface area contributed by atoms with Crippen molar-refractivity contribution in [2.75, 3.05) is 51.7 Å². The van der Waals surface area contributed by atoms with E-state index in [1.165, 1.54) is 11.8 Å². The second-order valence-electron chi connectivity index (χ2n) is 8.06. The molecule has 3 heterocycles. The Hall–Kier alpha value is -2.83. The zero-order valence-corrected chi connectivity index (χ0v) is 19.4. The van der Waals surface area contributed by atoms with Gasteiger partial charge in [0.05, 0.1) is 17.3 Å². The van der Waals surface area contributed by atoms with Gasteiger partial charge in [-0.2, -0.15) is 13.2 Å². The van der Waals surface area contributed by atoms with Crippen molar-refractivity contribution in [3.8, 4) is 5.75 Å². The predicted molar refractivity (Wildman–Crippen MR) is 123 cm³/mol. The molecule has 0 bridgehead atoms. The predicted octanol–water partition coefficient (Wildman–Crippen LogP) is 2.88. The molecule has 4 rings (SSSR count). The number of halogens is 3. The minimum absolute atomic E-state index is 0.207. The molecule has 1 saturated heterocycles. The zero-order chi connectivity index (χ0) is 24.3. The maximum absolute atomic E-state index is 13.1. The maximum Gasteiger partial charge on any atom is 0.433 e. The van der Waals surface area contributed by atoms with Crippen LogP contribution in [0.1, 0.15) is 17.9 Å². The summed E-state index contributed by atoms with van der Waals surface area (Å²) in [4.78, 5) is 24.9. The monoisotopic (exact) mass is 494 g/mol. The second kappa shape index (κ2) is 10.2. The van der Waals surface area contributed by atoms with Gasteiger partial charge in [0.15, 0.2) is 5.82 Å². The molecule has 12 heteroatoms. The number of amides is 1.